The molecule has 27 heavy (non-hydrogen) atoms. The molecule has 1 unspecified atom stereocenters. The highest BCUT2D eigenvalue weighted by Crippen LogP contribution is 2.29. The second kappa shape index (κ2) is 10.00. The van der Waals surface area contributed by atoms with Gasteiger partial charge in [-0.3, -0.25) is 0 Å². The van der Waals surface area contributed by atoms with E-state index in [0.717, 1.165) is 30.6 Å². The maximum Gasteiger partial charge on any atom is 0.338 e. The van der Waals surface area contributed by atoms with E-state index in [0.29, 0.717) is 24.5 Å². The zero-order valence-electron chi connectivity index (χ0n) is 16.6. The Morgan fingerprint density at radius 2 is 1.89 bits per heavy atom. The molecular weight excluding hydrogens is 344 g/mol. The number of esters is 1. The van der Waals surface area contributed by atoms with Crippen LogP contribution in [0.3, 0.4) is 0 Å². The molecule has 0 saturated carbocycles. The van der Waals surface area contributed by atoms with E-state index >= 15 is 0 Å². The molecular formula is C21H30N2O4. The first-order valence-electron chi connectivity index (χ1n) is 9.60. The quantitative estimate of drug-likeness (QED) is 0.504. The Labute approximate surface area is 161 Å². The van der Waals surface area contributed by atoms with Gasteiger partial charge >= 0.3 is 12.0 Å². The van der Waals surface area contributed by atoms with E-state index in [1.54, 1.807) is 6.92 Å². The molecule has 0 aromatic heterocycles. The second-order valence-electron chi connectivity index (χ2n) is 7.19. The largest absolute Gasteiger partial charge is 0.494 e. The number of benzene rings is 1. The van der Waals surface area contributed by atoms with Gasteiger partial charge in [-0.05, 0) is 37.0 Å². The van der Waals surface area contributed by atoms with Gasteiger partial charge in [-0.25, -0.2) is 9.59 Å². The summed E-state index contributed by atoms with van der Waals surface area (Å²) < 4.78 is 11.1. The van der Waals surface area contributed by atoms with Crippen molar-refractivity contribution >= 4 is 12.0 Å². The number of amides is 2. The van der Waals surface area contributed by atoms with Gasteiger partial charge in [-0.1, -0.05) is 45.7 Å². The average molecular weight is 374 g/mol. The van der Waals surface area contributed by atoms with Crippen molar-refractivity contribution in [1.29, 1.82) is 0 Å². The molecule has 6 heteroatoms. The van der Waals surface area contributed by atoms with E-state index in [4.69, 9.17) is 9.47 Å². The van der Waals surface area contributed by atoms with Gasteiger partial charge in [0.15, 0.2) is 0 Å². The molecule has 1 aromatic carbocycles. The highest BCUT2D eigenvalue weighted by Gasteiger charge is 2.32. The Morgan fingerprint density at radius 1 is 1.19 bits per heavy atom. The fraction of sp³-hybridized carbons (Fsp3) is 0.524. The lowest BCUT2D eigenvalue weighted by atomic mass is 9.95. The summed E-state index contributed by atoms with van der Waals surface area (Å²) in [5.74, 6) is 0.599. The molecule has 1 aliphatic rings. The fourth-order valence-electron chi connectivity index (χ4n) is 2.83. The highest BCUT2D eigenvalue weighted by molar-refractivity contribution is 5.95. The van der Waals surface area contributed by atoms with Crippen molar-refractivity contribution in [2.45, 2.75) is 53.0 Å². The summed E-state index contributed by atoms with van der Waals surface area (Å²) in [7, 11) is 0. The van der Waals surface area contributed by atoms with Gasteiger partial charge in [0.2, 0.25) is 0 Å². The summed E-state index contributed by atoms with van der Waals surface area (Å²) in [6.07, 6.45) is 3.32. The number of hydrogen-bond acceptors (Lipinski definition) is 4. The molecule has 6 nitrogen and oxygen atoms in total. The summed E-state index contributed by atoms with van der Waals surface area (Å²) in [5, 5.41) is 5.46. The van der Waals surface area contributed by atoms with Crippen LogP contribution in [0.25, 0.3) is 0 Å². The molecule has 2 N–H and O–H groups in total. The van der Waals surface area contributed by atoms with Gasteiger partial charge in [0.05, 0.1) is 24.8 Å². The Morgan fingerprint density at radius 3 is 2.52 bits per heavy atom. The normalized spacial score (nSPS) is 16.8. The van der Waals surface area contributed by atoms with Crippen LogP contribution in [0.15, 0.2) is 35.5 Å². The predicted molar refractivity (Wildman–Crippen MR) is 104 cm³/mol. The third kappa shape index (κ3) is 6.01. The lowest BCUT2D eigenvalue weighted by Gasteiger charge is -2.28. The van der Waals surface area contributed by atoms with Crippen LogP contribution in [0.2, 0.25) is 0 Å². The van der Waals surface area contributed by atoms with Gasteiger partial charge < -0.3 is 20.1 Å². The van der Waals surface area contributed by atoms with E-state index in [1.807, 2.05) is 38.1 Å². The third-order valence-corrected chi connectivity index (χ3v) is 4.27. The van der Waals surface area contributed by atoms with E-state index in [9.17, 15) is 9.59 Å². The monoisotopic (exact) mass is 374 g/mol. The number of nitrogens with one attached hydrogen (secondary N) is 2. The molecule has 0 bridgehead atoms. The molecule has 0 aliphatic carbocycles. The van der Waals surface area contributed by atoms with Crippen LogP contribution in [0, 0.1) is 5.92 Å². The Hall–Kier alpha value is -2.50. The summed E-state index contributed by atoms with van der Waals surface area (Å²) in [6, 6.07) is 6.58. The molecule has 1 atom stereocenters. The first kappa shape index (κ1) is 20.8. The van der Waals surface area contributed by atoms with Crippen LogP contribution in [-0.2, 0) is 9.53 Å². The summed E-state index contributed by atoms with van der Waals surface area (Å²) in [6.45, 7) is 8.84. The fourth-order valence-corrected chi connectivity index (χ4v) is 2.83. The number of carbonyl (C=O) groups is 2. The Kier molecular flexibility index (Phi) is 7.70. The van der Waals surface area contributed by atoms with E-state index in [-0.39, 0.29) is 11.9 Å². The number of allylic oxidation sites excluding steroid dienone is 1. The number of hydrogen-bond donors (Lipinski definition) is 2. The van der Waals surface area contributed by atoms with Crippen LogP contribution in [0.5, 0.6) is 5.75 Å². The van der Waals surface area contributed by atoms with E-state index in [1.165, 1.54) is 0 Å². The number of carbonyl (C=O) groups excluding carboxylic acids is 2. The Balaban J connectivity index is 2.14. The molecule has 1 heterocycles. The maximum absolute atomic E-state index is 12.6. The minimum atomic E-state index is -0.549. The van der Waals surface area contributed by atoms with Gasteiger partial charge in [0, 0.05) is 5.70 Å². The van der Waals surface area contributed by atoms with Crippen molar-refractivity contribution in [3.63, 3.8) is 0 Å². The van der Waals surface area contributed by atoms with Gasteiger partial charge in [-0.15, -0.1) is 0 Å². The first-order valence-corrected chi connectivity index (χ1v) is 9.60. The number of ether oxygens (including phenoxy) is 2. The summed E-state index contributed by atoms with van der Waals surface area (Å²) >= 11 is 0. The lowest BCUT2D eigenvalue weighted by Crippen LogP contribution is -2.45. The number of rotatable bonds is 9. The number of urea groups is 1. The molecule has 0 spiro atoms. The molecule has 0 saturated heterocycles. The van der Waals surface area contributed by atoms with Crippen molar-refractivity contribution < 1.29 is 19.1 Å². The zero-order chi connectivity index (χ0) is 19.8. The average Bonchev–Trinajstić information content (AvgIpc) is 2.63. The van der Waals surface area contributed by atoms with Crippen molar-refractivity contribution in [2.75, 3.05) is 13.2 Å². The predicted octanol–water partition coefficient (Wildman–Crippen LogP) is 4.08. The second-order valence-corrected chi connectivity index (χ2v) is 7.19. The minimum absolute atomic E-state index is 0.239. The van der Waals surface area contributed by atoms with Crippen molar-refractivity contribution in [2.24, 2.45) is 5.92 Å². The third-order valence-electron chi connectivity index (χ3n) is 4.27. The van der Waals surface area contributed by atoms with E-state index in [2.05, 4.69) is 17.6 Å². The number of unbranched alkanes of at least 4 members (excludes halogenated alkanes) is 2. The van der Waals surface area contributed by atoms with Crippen LogP contribution >= 0.6 is 0 Å². The molecule has 148 valence electrons. The van der Waals surface area contributed by atoms with Gasteiger partial charge in [0.25, 0.3) is 0 Å². The molecule has 2 amide bonds. The summed E-state index contributed by atoms with van der Waals surface area (Å²) in [4.78, 5) is 24.5. The molecule has 2 rings (SSSR count). The Bertz CT molecular complexity index is 680. The standard InChI is InChI=1S/C21H30N2O4/c1-5-6-7-12-26-17-10-8-16(9-11-17)19-18(15(4)22-21(25)23-19)20(24)27-13-14(2)3/h8-11,14,19H,5-7,12-13H2,1-4H3,(H2,22,23,25). The minimum Gasteiger partial charge on any atom is -0.494 e. The zero-order valence-corrected chi connectivity index (χ0v) is 16.6. The van der Waals surface area contributed by atoms with Gasteiger partial charge in [0.1, 0.15) is 5.75 Å². The van der Waals surface area contributed by atoms with Crippen LogP contribution < -0.4 is 15.4 Å². The van der Waals surface area contributed by atoms with Crippen LogP contribution in [-0.4, -0.2) is 25.2 Å². The SMILES string of the molecule is CCCCCOc1ccc(C2NC(=O)NC(C)=C2C(=O)OCC(C)C)cc1. The lowest BCUT2D eigenvalue weighted by molar-refractivity contribution is -0.140. The molecule has 0 fully saturated rings. The van der Waals surface area contributed by atoms with Gasteiger partial charge in [-0.2, -0.15) is 0 Å². The summed E-state index contributed by atoms with van der Waals surface area (Å²) in [5.41, 5.74) is 1.74. The molecule has 0 radical (unpaired) electrons. The maximum atomic E-state index is 12.6. The molecule has 1 aromatic rings. The first-order chi connectivity index (χ1) is 12.9. The van der Waals surface area contributed by atoms with Crippen molar-refractivity contribution in [3.05, 3.63) is 41.1 Å². The van der Waals surface area contributed by atoms with Crippen molar-refractivity contribution in [3.8, 4) is 5.75 Å². The van der Waals surface area contributed by atoms with Crippen LogP contribution in [0.1, 0.15) is 58.6 Å². The highest BCUT2D eigenvalue weighted by atomic mass is 16.5. The molecule has 1 aliphatic heterocycles. The van der Waals surface area contributed by atoms with Crippen molar-refractivity contribution in [1.82, 2.24) is 10.6 Å². The van der Waals surface area contributed by atoms with E-state index < -0.39 is 12.0 Å². The smallest absolute Gasteiger partial charge is 0.338 e. The topological polar surface area (TPSA) is 76.7 Å². The van der Waals surface area contributed by atoms with Crippen LogP contribution in [0.4, 0.5) is 4.79 Å².